The van der Waals surface area contributed by atoms with Crippen molar-refractivity contribution < 1.29 is 23.9 Å². The van der Waals surface area contributed by atoms with E-state index in [0.717, 1.165) is 24.0 Å². The number of hydrogen-bond acceptors (Lipinski definition) is 6. The fourth-order valence-corrected chi connectivity index (χ4v) is 5.32. The molecule has 0 radical (unpaired) electrons. The van der Waals surface area contributed by atoms with Crippen LogP contribution < -0.4 is 0 Å². The molecule has 0 bridgehead atoms. The fourth-order valence-electron chi connectivity index (χ4n) is 4.33. The van der Waals surface area contributed by atoms with Crippen LogP contribution in [0.15, 0.2) is 49.6 Å². The van der Waals surface area contributed by atoms with Crippen molar-refractivity contribution in [3.63, 3.8) is 0 Å². The lowest BCUT2D eigenvalue weighted by atomic mass is 9.99. The molecule has 2 aliphatic heterocycles. The van der Waals surface area contributed by atoms with E-state index in [1.807, 2.05) is 24.3 Å². The first-order valence-corrected chi connectivity index (χ1v) is 11.7. The third kappa shape index (κ3) is 5.73. The van der Waals surface area contributed by atoms with Crippen LogP contribution in [0.4, 0.5) is 9.59 Å². The molecule has 172 valence electrons. The van der Waals surface area contributed by atoms with Crippen LogP contribution in [-0.2, 0) is 14.3 Å². The Morgan fingerprint density at radius 3 is 2.12 bits per heavy atom. The highest BCUT2D eigenvalue weighted by molar-refractivity contribution is 8.14. The number of rotatable bonds is 7. The molecule has 2 heterocycles. The number of ether oxygens (including phenoxy) is 2. The minimum Gasteiger partial charge on any atom is -0.445 e. The van der Waals surface area contributed by atoms with Gasteiger partial charge in [0.15, 0.2) is 5.12 Å². The van der Waals surface area contributed by atoms with E-state index < -0.39 is 6.09 Å². The first-order chi connectivity index (χ1) is 15.4. The highest BCUT2D eigenvalue weighted by Crippen LogP contribution is 2.39. The monoisotopic (exact) mass is 458 g/mol. The van der Waals surface area contributed by atoms with E-state index in [1.54, 1.807) is 22.8 Å². The lowest BCUT2D eigenvalue weighted by molar-refractivity contribution is -0.109. The van der Waals surface area contributed by atoms with Gasteiger partial charge in [0, 0.05) is 25.3 Å². The van der Waals surface area contributed by atoms with Crippen molar-refractivity contribution in [1.82, 2.24) is 9.80 Å². The lowest BCUT2D eigenvalue weighted by Gasteiger charge is -2.26. The number of carbonyl (C=O) groups excluding carboxylic acids is 3. The molecule has 0 N–H and O–H groups in total. The molecule has 0 aromatic heterocycles. The van der Waals surface area contributed by atoms with Gasteiger partial charge in [-0.25, -0.2) is 9.59 Å². The van der Waals surface area contributed by atoms with Gasteiger partial charge in [-0.15, -0.1) is 0 Å². The van der Waals surface area contributed by atoms with E-state index in [-0.39, 0.29) is 41.8 Å². The molecule has 3 atom stereocenters. The maximum atomic E-state index is 12.6. The summed E-state index contributed by atoms with van der Waals surface area (Å²) in [5.41, 5.74) is 2.02. The minimum absolute atomic E-state index is 0.0263. The van der Waals surface area contributed by atoms with Gasteiger partial charge in [-0.3, -0.25) is 4.79 Å². The summed E-state index contributed by atoms with van der Waals surface area (Å²) in [4.78, 5) is 40.0. The van der Waals surface area contributed by atoms with Crippen LogP contribution in [0.1, 0.15) is 49.4 Å². The first-order valence-electron chi connectivity index (χ1n) is 10.8. The summed E-state index contributed by atoms with van der Waals surface area (Å²) in [7, 11) is 0. The van der Waals surface area contributed by atoms with Crippen LogP contribution in [0.2, 0.25) is 0 Å². The quantitative estimate of drug-likeness (QED) is 0.543. The predicted octanol–water partition coefficient (Wildman–Crippen LogP) is 4.86. The lowest BCUT2D eigenvalue weighted by Crippen LogP contribution is -2.32. The smallest absolute Gasteiger partial charge is 0.410 e. The molecule has 1 aromatic rings. The average molecular weight is 459 g/mol. The van der Waals surface area contributed by atoms with Gasteiger partial charge < -0.3 is 19.3 Å². The molecule has 2 fully saturated rings. The molecule has 0 unspecified atom stereocenters. The molecule has 0 spiro atoms. The first kappa shape index (κ1) is 23.9. The molecular formula is C24H30N2O5S. The number of thioether (sulfide) groups is 1. The Hall–Kier alpha value is -2.74. The second-order valence-electron chi connectivity index (χ2n) is 7.88. The van der Waals surface area contributed by atoms with E-state index in [2.05, 4.69) is 13.2 Å². The van der Waals surface area contributed by atoms with Gasteiger partial charge in [0.05, 0.1) is 12.1 Å². The molecule has 2 aliphatic rings. The van der Waals surface area contributed by atoms with Crippen LogP contribution in [0.3, 0.4) is 0 Å². The van der Waals surface area contributed by atoms with Gasteiger partial charge in [0.2, 0.25) is 0 Å². The molecule has 8 heteroatoms. The number of hydrogen-bond donors (Lipinski definition) is 0. The second-order valence-corrected chi connectivity index (χ2v) is 9.36. The fraction of sp³-hybridized carbons (Fsp3) is 0.458. The van der Waals surface area contributed by atoms with Crippen LogP contribution >= 0.6 is 11.8 Å². The van der Waals surface area contributed by atoms with E-state index >= 15 is 0 Å². The number of benzene rings is 1. The molecule has 7 nitrogen and oxygen atoms in total. The standard InChI is InChI=1S/C24H30N2O5S/c1-4-13-30-23(28)25-12-6-7-21(25)18-8-10-19(11-9-18)22-15-20(32-17(3)27)16-26(22)24(29)31-14-5-2/h4-5,8-11,20-22H,1-2,6-7,12-16H2,3H3/t20-,21+,22+/m0/s1. The Kier molecular flexibility index (Phi) is 8.39. The summed E-state index contributed by atoms with van der Waals surface area (Å²) in [5, 5.41) is 0.0634. The van der Waals surface area contributed by atoms with Crippen LogP contribution in [0.25, 0.3) is 0 Å². The third-order valence-corrected chi connectivity index (χ3v) is 6.68. The Labute approximate surface area is 193 Å². The maximum absolute atomic E-state index is 12.6. The number of likely N-dealkylation sites (tertiary alicyclic amines) is 2. The summed E-state index contributed by atoms with van der Waals surface area (Å²) in [5.74, 6) is 0. The van der Waals surface area contributed by atoms with Crippen molar-refractivity contribution in [2.45, 2.75) is 43.5 Å². The number of carbonyl (C=O) groups is 3. The van der Waals surface area contributed by atoms with Gasteiger partial charge in [0.25, 0.3) is 0 Å². The highest BCUT2D eigenvalue weighted by Gasteiger charge is 2.38. The zero-order valence-electron chi connectivity index (χ0n) is 18.4. The van der Waals surface area contributed by atoms with E-state index in [0.29, 0.717) is 19.5 Å². The predicted molar refractivity (Wildman–Crippen MR) is 124 cm³/mol. The summed E-state index contributed by atoms with van der Waals surface area (Å²) in [6.45, 7) is 10.2. The summed E-state index contributed by atoms with van der Waals surface area (Å²) in [6.07, 6.45) is 4.84. The Bertz CT molecular complexity index is 856. The highest BCUT2D eigenvalue weighted by atomic mass is 32.2. The Balaban J connectivity index is 1.75. The molecule has 1 aromatic carbocycles. The summed E-state index contributed by atoms with van der Waals surface area (Å²) >= 11 is 1.27. The topological polar surface area (TPSA) is 76.2 Å². The number of amides is 2. The van der Waals surface area contributed by atoms with E-state index in [4.69, 9.17) is 9.47 Å². The molecule has 0 aliphatic carbocycles. The van der Waals surface area contributed by atoms with Crippen molar-refractivity contribution in [2.24, 2.45) is 0 Å². The third-order valence-electron chi connectivity index (χ3n) is 5.67. The zero-order valence-corrected chi connectivity index (χ0v) is 19.2. The SMILES string of the molecule is C=CCOC(=O)N1CCC[C@@H]1c1ccc([C@H]2C[C@H](SC(C)=O)CN2C(=O)OCC=C)cc1. The largest absolute Gasteiger partial charge is 0.445 e. The maximum Gasteiger partial charge on any atom is 0.410 e. The molecule has 32 heavy (non-hydrogen) atoms. The van der Waals surface area contributed by atoms with Gasteiger partial charge in [0.1, 0.15) is 13.2 Å². The van der Waals surface area contributed by atoms with E-state index in [1.165, 1.54) is 17.8 Å². The minimum atomic E-state index is -0.405. The van der Waals surface area contributed by atoms with Gasteiger partial charge >= 0.3 is 12.2 Å². The van der Waals surface area contributed by atoms with Gasteiger partial charge in [-0.1, -0.05) is 61.3 Å². The van der Waals surface area contributed by atoms with Crippen LogP contribution in [0.5, 0.6) is 0 Å². The van der Waals surface area contributed by atoms with Crippen molar-refractivity contribution >= 4 is 29.1 Å². The summed E-state index contributed by atoms with van der Waals surface area (Å²) < 4.78 is 10.5. The Morgan fingerprint density at radius 1 is 1.00 bits per heavy atom. The summed E-state index contributed by atoms with van der Waals surface area (Å²) in [6, 6.07) is 7.82. The van der Waals surface area contributed by atoms with E-state index in [9.17, 15) is 14.4 Å². The molecule has 0 saturated carbocycles. The number of nitrogens with zero attached hydrogens (tertiary/aromatic N) is 2. The second kappa shape index (κ2) is 11.2. The van der Waals surface area contributed by atoms with Crippen molar-refractivity contribution in [1.29, 1.82) is 0 Å². The molecule has 3 rings (SSSR count). The van der Waals surface area contributed by atoms with Gasteiger partial charge in [-0.05, 0) is 30.4 Å². The normalized spacial score (nSPS) is 22.5. The van der Waals surface area contributed by atoms with Crippen LogP contribution in [-0.4, -0.2) is 58.7 Å². The van der Waals surface area contributed by atoms with Gasteiger partial charge in [-0.2, -0.15) is 0 Å². The van der Waals surface area contributed by atoms with Crippen molar-refractivity contribution in [3.05, 3.63) is 60.7 Å². The zero-order chi connectivity index (χ0) is 23.1. The molecular weight excluding hydrogens is 428 g/mol. The van der Waals surface area contributed by atoms with Crippen LogP contribution in [0, 0.1) is 0 Å². The van der Waals surface area contributed by atoms with Crippen molar-refractivity contribution in [3.8, 4) is 0 Å². The molecule has 2 saturated heterocycles. The molecule has 2 amide bonds. The Morgan fingerprint density at radius 2 is 1.56 bits per heavy atom. The van der Waals surface area contributed by atoms with Crippen molar-refractivity contribution in [2.75, 3.05) is 26.3 Å². The average Bonchev–Trinajstić information content (AvgIpc) is 3.43.